The van der Waals surface area contributed by atoms with Crippen LogP contribution >= 0.6 is 0 Å². The third-order valence-corrected chi connectivity index (χ3v) is 3.89. The number of ether oxygens (including phenoxy) is 2. The molecular formula is C17H19FN2O3. The maximum Gasteiger partial charge on any atom is 0.339 e. The molecule has 3 rings (SSSR count). The molecule has 0 unspecified atom stereocenters. The number of benzene rings is 1. The van der Waals surface area contributed by atoms with Gasteiger partial charge < -0.3 is 9.47 Å². The first-order valence-electron chi connectivity index (χ1n) is 7.49. The Morgan fingerprint density at radius 3 is 2.78 bits per heavy atom. The number of esters is 1. The lowest BCUT2D eigenvalue weighted by atomic mass is 10.1. The van der Waals surface area contributed by atoms with Crippen LogP contribution in [0, 0.1) is 11.7 Å². The molecule has 0 saturated heterocycles. The topological polar surface area (TPSA) is 50.8 Å². The molecule has 6 heteroatoms. The third-order valence-electron chi connectivity index (χ3n) is 3.89. The minimum absolute atomic E-state index is 0.184. The number of nitrogens with zero attached hydrogens (tertiary/aromatic N) is 1. The minimum atomic E-state index is -0.449. The summed E-state index contributed by atoms with van der Waals surface area (Å²) in [4.78, 5) is 11.9. The van der Waals surface area contributed by atoms with E-state index in [1.165, 1.54) is 33.1 Å². The molecule has 1 aromatic rings. The van der Waals surface area contributed by atoms with Gasteiger partial charge in [-0.15, -0.1) is 0 Å². The van der Waals surface area contributed by atoms with Crippen molar-refractivity contribution in [3.8, 4) is 5.75 Å². The smallest absolute Gasteiger partial charge is 0.339 e. The molecule has 0 atom stereocenters. The van der Waals surface area contributed by atoms with Gasteiger partial charge in [-0.25, -0.2) is 9.18 Å². The maximum atomic E-state index is 13.9. The summed E-state index contributed by atoms with van der Waals surface area (Å²) in [7, 11) is 2.77. The Balaban J connectivity index is 1.89. The highest BCUT2D eigenvalue weighted by atomic mass is 19.1. The molecule has 0 aromatic heterocycles. The van der Waals surface area contributed by atoms with Gasteiger partial charge in [-0.1, -0.05) is 0 Å². The molecule has 5 nitrogen and oxygen atoms in total. The van der Waals surface area contributed by atoms with E-state index in [0.717, 1.165) is 6.54 Å². The Bertz CT molecular complexity index is 680. The number of nitrogens with one attached hydrogen (secondary N) is 1. The van der Waals surface area contributed by atoms with Crippen molar-refractivity contribution in [2.75, 3.05) is 20.8 Å². The first kappa shape index (κ1) is 15.4. The van der Waals surface area contributed by atoms with Crippen LogP contribution in [0.5, 0.6) is 5.75 Å². The molecule has 23 heavy (non-hydrogen) atoms. The zero-order chi connectivity index (χ0) is 16.4. The fourth-order valence-electron chi connectivity index (χ4n) is 2.47. The van der Waals surface area contributed by atoms with Crippen molar-refractivity contribution >= 4 is 11.7 Å². The second-order valence-electron chi connectivity index (χ2n) is 5.69. The number of carbonyl (C=O) groups is 1. The summed E-state index contributed by atoms with van der Waals surface area (Å²) < 4.78 is 23.7. The predicted molar refractivity (Wildman–Crippen MR) is 83.6 cm³/mol. The summed E-state index contributed by atoms with van der Waals surface area (Å²) in [6.45, 7) is 0.802. The van der Waals surface area contributed by atoms with Crippen molar-refractivity contribution < 1.29 is 18.7 Å². The van der Waals surface area contributed by atoms with Gasteiger partial charge in [0.25, 0.3) is 0 Å². The number of hydrogen-bond acceptors (Lipinski definition) is 5. The van der Waals surface area contributed by atoms with Crippen LogP contribution < -0.4 is 10.2 Å². The number of rotatable bonds is 5. The number of methoxy groups -OCH3 is 2. The normalized spacial score (nSPS) is 17.1. The van der Waals surface area contributed by atoms with E-state index in [1.54, 1.807) is 24.4 Å². The average Bonchev–Trinajstić information content (AvgIpc) is 3.37. The van der Waals surface area contributed by atoms with Crippen LogP contribution in [0.3, 0.4) is 0 Å². The molecule has 0 bridgehead atoms. The first-order valence-corrected chi connectivity index (χ1v) is 7.49. The molecule has 122 valence electrons. The quantitative estimate of drug-likeness (QED) is 0.845. The predicted octanol–water partition coefficient (Wildman–Crippen LogP) is 2.46. The average molecular weight is 318 g/mol. The molecule has 1 fully saturated rings. The maximum absolute atomic E-state index is 13.9. The van der Waals surface area contributed by atoms with Gasteiger partial charge in [0, 0.05) is 18.3 Å². The molecule has 1 aliphatic carbocycles. The summed E-state index contributed by atoms with van der Waals surface area (Å²) in [5.74, 6) is -0.0530. The molecule has 0 amide bonds. The van der Waals surface area contributed by atoms with E-state index < -0.39 is 11.8 Å². The summed E-state index contributed by atoms with van der Waals surface area (Å²) in [6, 6.07) is 4.69. The molecule has 1 saturated carbocycles. The molecule has 1 aliphatic heterocycles. The van der Waals surface area contributed by atoms with E-state index in [1.807, 2.05) is 5.01 Å². The second-order valence-corrected chi connectivity index (χ2v) is 5.69. The van der Waals surface area contributed by atoms with E-state index in [2.05, 4.69) is 5.43 Å². The van der Waals surface area contributed by atoms with E-state index in [0.29, 0.717) is 22.8 Å². The SMILES string of the molecule is COC(=O)C1=CN(CC2CC2)NC(c2ccc(OC)c(F)c2)=C1. The van der Waals surface area contributed by atoms with Gasteiger partial charge in [-0.3, -0.25) is 10.4 Å². The minimum Gasteiger partial charge on any atom is -0.494 e. The van der Waals surface area contributed by atoms with Crippen molar-refractivity contribution in [3.63, 3.8) is 0 Å². The van der Waals surface area contributed by atoms with Crippen LogP contribution in [-0.2, 0) is 9.53 Å². The van der Waals surface area contributed by atoms with Crippen LogP contribution in [0.25, 0.3) is 5.70 Å². The largest absolute Gasteiger partial charge is 0.494 e. The fraction of sp³-hybridized carbons (Fsp3) is 0.353. The first-order chi connectivity index (χ1) is 11.1. The van der Waals surface area contributed by atoms with Crippen molar-refractivity contribution in [2.24, 2.45) is 5.92 Å². The molecule has 0 spiro atoms. The Morgan fingerprint density at radius 1 is 1.39 bits per heavy atom. The summed E-state index contributed by atoms with van der Waals surface area (Å²) >= 11 is 0. The van der Waals surface area contributed by atoms with Crippen LogP contribution in [0.4, 0.5) is 4.39 Å². The highest BCUT2D eigenvalue weighted by molar-refractivity contribution is 5.94. The van der Waals surface area contributed by atoms with Crippen LogP contribution in [-0.4, -0.2) is 31.7 Å². The van der Waals surface area contributed by atoms with Crippen molar-refractivity contribution in [2.45, 2.75) is 12.8 Å². The second kappa shape index (κ2) is 6.32. The highest BCUT2D eigenvalue weighted by Gasteiger charge is 2.26. The van der Waals surface area contributed by atoms with E-state index >= 15 is 0 Å². The third kappa shape index (κ3) is 3.47. The van der Waals surface area contributed by atoms with Gasteiger partial charge in [0.05, 0.1) is 25.5 Å². The van der Waals surface area contributed by atoms with Gasteiger partial charge in [0.2, 0.25) is 0 Å². The fourth-order valence-corrected chi connectivity index (χ4v) is 2.47. The van der Waals surface area contributed by atoms with Gasteiger partial charge in [-0.2, -0.15) is 0 Å². The zero-order valence-corrected chi connectivity index (χ0v) is 13.1. The lowest BCUT2D eigenvalue weighted by Crippen LogP contribution is -2.37. The van der Waals surface area contributed by atoms with E-state index in [4.69, 9.17) is 9.47 Å². The molecular weight excluding hydrogens is 299 g/mol. The van der Waals surface area contributed by atoms with E-state index in [9.17, 15) is 9.18 Å². The van der Waals surface area contributed by atoms with Crippen molar-refractivity contribution in [1.82, 2.24) is 10.4 Å². The molecule has 1 N–H and O–H groups in total. The van der Waals surface area contributed by atoms with Gasteiger partial charge in [0.1, 0.15) is 0 Å². The summed E-state index contributed by atoms with van der Waals surface area (Å²) in [6.07, 6.45) is 5.77. The number of carbonyl (C=O) groups excluding carboxylic acids is 1. The van der Waals surface area contributed by atoms with Gasteiger partial charge >= 0.3 is 5.97 Å². The summed E-state index contributed by atoms with van der Waals surface area (Å²) in [5.41, 5.74) is 4.93. The lowest BCUT2D eigenvalue weighted by molar-refractivity contribution is -0.135. The molecule has 0 radical (unpaired) electrons. The number of hydrogen-bond donors (Lipinski definition) is 1. The summed E-state index contributed by atoms with van der Waals surface area (Å²) in [5, 5.41) is 1.86. The monoisotopic (exact) mass is 318 g/mol. The van der Waals surface area contributed by atoms with Gasteiger partial charge in [0.15, 0.2) is 11.6 Å². The highest BCUT2D eigenvalue weighted by Crippen LogP contribution is 2.31. The van der Waals surface area contributed by atoms with Gasteiger partial charge in [-0.05, 0) is 43.0 Å². The molecule has 2 aliphatic rings. The van der Waals surface area contributed by atoms with Crippen LogP contribution in [0.1, 0.15) is 18.4 Å². The van der Waals surface area contributed by atoms with E-state index in [-0.39, 0.29) is 5.75 Å². The van der Waals surface area contributed by atoms with Crippen molar-refractivity contribution in [3.05, 3.63) is 47.4 Å². The van der Waals surface area contributed by atoms with Crippen LogP contribution in [0.2, 0.25) is 0 Å². The lowest BCUT2D eigenvalue weighted by Gasteiger charge is -2.28. The Kier molecular flexibility index (Phi) is 4.23. The molecule has 1 heterocycles. The number of hydrazine groups is 1. The Hall–Kier alpha value is -2.50. The van der Waals surface area contributed by atoms with Crippen molar-refractivity contribution in [1.29, 1.82) is 0 Å². The molecule has 1 aromatic carbocycles. The van der Waals surface area contributed by atoms with Crippen LogP contribution in [0.15, 0.2) is 36.0 Å². The Morgan fingerprint density at radius 2 is 2.17 bits per heavy atom. The number of halogens is 1. The Labute approximate surface area is 134 Å². The zero-order valence-electron chi connectivity index (χ0n) is 13.1. The standard InChI is InChI=1S/C17H19FN2O3/c1-22-16-6-5-12(7-14(16)18)15-8-13(17(21)23-2)10-20(19-15)9-11-3-4-11/h5-8,10-11,19H,3-4,9H2,1-2H3.